The first-order valence-electron chi connectivity index (χ1n) is 10.0. The molecule has 0 aromatic heterocycles. The smallest absolute Gasteiger partial charge is 0.255 e. The predicted octanol–water partition coefficient (Wildman–Crippen LogP) is 3.74. The Morgan fingerprint density at radius 2 is 1.55 bits per heavy atom. The minimum atomic E-state index is -0.0234. The Kier molecular flexibility index (Phi) is 7.20. The lowest BCUT2D eigenvalue weighted by Crippen LogP contribution is -2.50. The molecule has 0 spiro atoms. The van der Waals surface area contributed by atoms with Crippen molar-refractivity contribution in [1.82, 2.24) is 9.80 Å². The summed E-state index contributed by atoms with van der Waals surface area (Å²) in [6, 6.07) is 13.4. The number of thiol groups is 1. The number of amides is 2. The maximum Gasteiger partial charge on any atom is 0.255 e. The van der Waals surface area contributed by atoms with Crippen LogP contribution in [0.3, 0.4) is 0 Å². The van der Waals surface area contributed by atoms with Crippen molar-refractivity contribution in [3.63, 3.8) is 0 Å². The third-order valence-electron chi connectivity index (χ3n) is 5.24. The normalized spacial score (nSPS) is 14.0. The van der Waals surface area contributed by atoms with E-state index < -0.39 is 0 Å². The average molecular weight is 413 g/mol. The second-order valence-corrected chi connectivity index (χ2v) is 7.84. The number of para-hydroxylation sites is 1. The molecule has 29 heavy (non-hydrogen) atoms. The van der Waals surface area contributed by atoms with Crippen LogP contribution in [0, 0.1) is 13.8 Å². The van der Waals surface area contributed by atoms with Crippen molar-refractivity contribution in [1.29, 1.82) is 0 Å². The van der Waals surface area contributed by atoms with E-state index in [9.17, 15) is 9.59 Å². The van der Waals surface area contributed by atoms with E-state index in [1.54, 1.807) is 11.0 Å². The molecule has 0 N–H and O–H groups in total. The number of hydrogen-bond donors (Lipinski definition) is 1. The highest BCUT2D eigenvalue weighted by Gasteiger charge is 2.25. The molecule has 1 heterocycles. The van der Waals surface area contributed by atoms with Crippen LogP contribution < -0.4 is 4.74 Å². The first-order chi connectivity index (χ1) is 14.0. The summed E-state index contributed by atoms with van der Waals surface area (Å²) in [6.07, 6.45) is 1.14. The van der Waals surface area contributed by atoms with Gasteiger partial charge in [-0.05, 0) is 43.5 Å². The molecule has 154 valence electrons. The molecular formula is C23H28N2O3S. The lowest BCUT2D eigenvalue weighted by Gasteiger charge is -2.35. The zero-order chi connectivity index (χ0) is 20.8. The minimum absolute atomic E-state index is 0.0234. The van der Waals surface area contributed by atoms with Crippen LogP contribution in [0.25, 0.3) is 0 Å². The van der Waals surface area contributed by atoms with Gasteiger partial charge in [0.25, 0.3) is 5.91 Å². The molecule has 5 nitrogen and oxygen atoms in total. The van der Waals surface area contributed by atoms with Crippen LogP contribution in [-0.4, -0.2) is 54.4 Å². The van der Waals surface area contributed by atoms with E-state index in [-0.39, 0.29) is 11.8 Å². The zero-order valence-electron chi connectivity index (χ0n) is 17.1. The van der Waals surface area contributed by atoms with Crippen LogP contribution in [0.1, 0.15) is 34.3 Å². The fourth-order valence-electron chi connectivity index (χ4n) is 3.57. The van der Waals surface area contributed by atoms with Crippen molar-refractivity contribution in [2.75, 3.05) is 32.8 Å². The average Bonchev–Trinajstić information content (AvgIpc) is 2.72. The molecule has 1 fully saturated rings. The van der Waals surface area contributed by atoms with E-state index in [4.69, 9.17) is 4.74 Å². The summed E-state index contributed by atoms with van der Waals surface area (Å²) in [4.78, 5) is 29.5. The SMILES string of the molecule is Cc1cccc(C)c1OCCCC(=O)N1CCN(C(=O)c2ccccc2S)CC1. The number of ether oxygens (including phenoxy) is 1. The van der Waals surface area contributed by atoms with E-state index in [1.165, 1.54) is 0 Å². The molecule has 0 unspecified atom stereocenters. The van der Waals surface area contributed by atoms with Crippen LogP contribution in [0.5, 0.6) is 5.75 Å². The van der Waals surface area contributed by atoms with Gasteiger partial charge in [0.1, 0.15) is 5.75 Å². The molecule has 6 heteroatoms. The van der Waals surface area contributed by atoms with E-state index in [0.717, 1.165) is 16.9 Å². The van der Waals surface area contributed by atoms with Gasteiger partial charge in [0.15, 0.2) is 0 Å². The second-order valence-electron chi connectivity index (χ2n) is 7.36. The van der Waals surface area contributed by atoms with Gasteiger partial charge in [0.2, 0.25) is 5.91 Å². The second kappa shape index (κ2) is 9.83. The third kappa shape index (κ3) is 5.32. The number of piperazine rings is 1. The molecule has 2 amide bonds. The molecule has 0 aliphatic carbocycles. The number of benzene rings is 2. The zero-order valence-corrected chi connectivity index (χ0v) is 18.0. The summed E-state index contributed by atoms with van der Waals surface area (Å²) >= 11 is 4.37. The molecule has 0 saturated carbocycles. The number of carbonyl (C=O) groups excluding carboxylic acids is 2. The van der Waals surface area contributed by atoms with Gasteiger partial charge in [0.05, 0.1) is 12.2 Å². The minimum Gasteiger partial charge on any atom is -0.493 e. The monoisotopic (exact) mass is 412 g/mol. The van der Waals surface area contributed by atoms with Crippen molar-refractivity contribution in [2.45, 2.75) is 31.6 Å². The summed E-state index contributed by atoms with van der Waals surface area (Å²) in [5, 5.41) is 0. The summed E-state index contributed by atoms with van der Waals surface area (Å²) in [7, 11) is 0. The fourth-order valence-corrected chi connectivity index (χ4v) is 3.82. The highest BCUT2D eigenvalue weighted by atomic mass is 32.1. The lowest BCUT2D eigenvalue weighted by molar-refractivity contribution is -0.132. The number of rotatable bonds is 6. The molecule has 0 bridgehead atoms. The van der Waals surface area contributed by atoms with E-state index in [1.807, 2.05) is 55.1 Å². The largest absolute Gasteiger partial charge is 0.493 e. The maximum atomic E-state index is 12.7. The molecule has 2 aromatic rings. The predicted molar refractivity (Wildman–Crippen MR) is 117 cm³/mol. The topological polar surface area (TPSA) is 49.9 Å². The Balaban J connectivity index is 1.42. The quantitative estimate of drug-likeness (QED) is 0.581. The summed E-state index contributed by atoms with van der Waals surface area (Å²) in [5.41, 5.74) is 2.83. The first kappa shape index (κ1) is 21.2. The highest BCUT2D eigenvalue weighted by molar-refractivity contribution is 7.80. The van der Waals surface area contributed by atoms with E-state index in [0.29, 0.717) is 56.1 Å². The van der Waals surface area contributed by atoms with Crippen LogP contribution in [0.4, 0.5) is 0 Å². The van der Waals surface area contributed by atoms with Crippen LogP contribution in [0.15, 0.2) is 47.4 Å². The molecule has 1 aliphatic rings. The van der Waals surface area contributed by atoms with E-state index >= 15 is 0 Å². The van der Waals surface area contributed by atoms with Gasteiger partial charge in [-0.25, -0.2) is 0 Å². The molecule has 1 saturated heterocycles. The summed E-state index contributed by atoms with van der Waals surface area (Å²) in [6.45, 7) is 6.81. The van der Waals surface area contributed by atoms with Crippen molar-refractivity contribution < 1.29 is 14.3 Å². The Morgan fingerprint density at radius 3 is 2.21 bits per heavy atom. The number of nitrogens with zero attached hydrogens (tertiary/aromatic N) is 2. The van der Waals surface area contributed by atoms with Crippen molar-refractivity contribution in [2.24, 2.45) is 0 Å². The molecular weight excluding hydrogens is 384 g/mol. The molecule has 0 radical (unpaired) electrons. The number of hydrogen-bond acceptors (Lipinski definition) is 4. The van der Waals surface area contributed by atoms with Gasteiger partial charge in [-0.2, -0.15) is 0 Å². The Hall–Kier alpha value is -2.47. The first-order valence-corrected chi connectivity index (χ1v) is 10.5. The van der Waals surface area contributed by atoms with Crippen LogP contribution in [0.2, 0.25) is 0 Å². The van der Waals surface area contributed by atoms with Crippen LogP contribution >= 0.6 is 12.6 Å². The van der Waals surface area contributed by atoms with E-state index in [2.05, 4.69) is 12.6 Å². The summed E-state index contributed by atoms with van der Waals surface area (Å²) < 4.78 is 5.88. The Bertz CT molecular complexity index is 856. The maximum absolute atomic E-state index is 12.7. The number of carbonyl (C=O) groups is 2. The van der Waals surface area contributed by atoms with Gasteiger partial charge in [-0.1, -0.05) is 30.3 Å². The lowest BCUT2D eigenvalue weighted by atomic mass is 10.1. The summed E-state index contributed by atoms with van der Waals surface area (Å²) in [5.74, 6) is 1.01. The van der Waals surface area contributed by atoms with Gasteiger partial charge < -0.3 is 14.5 Å². The number of aryl methyl sites for hydroxylation is 2. The third-order valence-corrected chi connectivity index (χ3v) is 5.63. The van der Waals surface area contributed by atoms with Crippen molar-refractivity contribution in [3.8, 4) is 5.75 Å². The Morgan fingerprint density at radius 1 is 0.931 bits per heavy atom. The van der Waals surface area contributed by atoms with Gasteiger partial charge >= 0.3 is 0 Å². The Labute approximate surface area is 178 Å². The van der Waals surface area contributed by atoms with Gasteiger partial charge in [0, 0.05) is 37.5 Å². The van der Waals surface area contributed by atoms with Gasteiger partial charge in [-0.15, -0.1) is 12.6 Å². The van der Waals surface area contributed by atoms with Gasteiger partial charge in [-0.3, -0.25) is 9.59 Å². The highest BCUT2D eigenvalue weighted by Crippen LogP contribution is 2.22. The molecule has 3 rings (SSSR count). The van der Waals surface area contributed by atoms with Crippen molar-refractivity contribution >= 4 is 24.4 Å². The fraction of sp³-hybridized carbons (Fsp3) is 0.391. The van der Waals surface area contributed by atoms with Crippen molar-refractivity contribution in [3.05, 3.63) is 59.2 Å². The standard InChI is InChI=1S/C23H28N2O3S/c1-17-7-5-8-18(2)22(17)28-16-6-11-21(26)24-12-14-25(15-13-24)23(27)19-9-3-4-10-20(19)29/h3-5,7-10,29H,6,11-16H2,1-2H3. The molecule has 0 atom stereocenters. The molecule has 2 aromatic carbocycles. The molecule has 1 aliphatic heterocycles. The van der Waals surface area contributed by atoms with Crippen LogP contribution in [-0.2, 0) is 4.79 Å².